The van der Waals surface area contributed by atoms with Crippen molar-refractivity contribution in [3.05, 3.63) is 35.4 Å². The third-order valence-corrected chi connectivity index (χ3v) is 3.87. The van der Waals surface area contributed by atoms with E-state index >= 15 is 0 Å². The van der Waals surface area contributed by atoms with Crippen LogP contribution in [0.1, 0.15) is 43.7 Å². The van der Waals surface area contributed by atoms with E-state index in [1.807, 2.05) is 17.0 Å². The number of rotatable bonds is 5. The van der Waals surface area contributed by atoms with Gasteiger partial charge in [-0.2, -0.15) is 0 Å². The Hall–Kier alpha value is -1.35. The molecule has 3 nitrogen and oxygen atoms in total. The summed E-state index contributed by atoms with van der Waals surface area (Å²) in [5.41, 5.74) is 2.47. The Balaban J connectivity index is 2.15. The summed E-state index contributed by atoms with van der Waals surface area (Å²) in [6.07, 6.45) is 2.21. The summed E-state index contributed by atoms with van der Waals surface area (Å²) in [6, 6.07) is 8.30. The number of carbonyl (C=O) groups is 1. The molecule has 19 heavy (non-hydrogen) atoms. The van der Waals surface area contributed by atoms with Gasteiger partial charge in [0.2, 0.25) is 5.91 Å². The van der Waals surface area contributed by atoms with Gasteiger partial charge in [-0.05, 0) is 24.5 Å². The summed E-state index contributed by atoms with van der Waals surface area (Å²) in [5, 5.41) is 3.36. The smallest absolute Gasteiger partial charge is 0.231 e. The van der Waals surface area contributed by atoms with Gasteiger partial charge in [-0.25, -0.2) is 0 Å². The maximum atomic E-state index is 12.7. The summed E-state index contributed by atoms with van der Waals surface area (Å²) in [5.74, 6) is 0.261. The van der Waals surface area contributed by atoms with E-state index < -0.39 is 0 Å². The van der Waals surface area contributed by atoms with Crippen molar-refractivity contribution >= 4 is 5.91 Å². The number of nitrogens with zero attached hydrogens (tertiary/aromatic N) is 1. The lowest BCUT2D eigenvalue weighted by atomic mass is 9.89. The molecule has 1 N–H and O–H groups in total. The molecule has 2 rings (SSSR count). The molecule has 1 amide bonds. The van der Waals surface area contributed by atoms with Crippen LogP contribution in [-0.4, -0.2) is 30.4 Å². The molecule has 1 aromatic rings. The number of amides is 1. The number of benzene rings is 1. The second-order valence-corrected chi connectivity index (χ2v) is 5.15. The van der Waals surface area contributed by atoms with Crippen molar-refractivity contribution in [3.8, 4) is 0 Å². The molecular formula is C16H24N2O. The van der Waals surface area contributed by atoms with Crippen LogP contribution in [0.4, 0.5) is 0 Å². The van der Waals surface area contributed by atoms with E-state index in [0.29, 0.717) is 0 Å². The summed E-state index contributed by atoms with van der Waals surface area (Å²) < 4.78 is 0. The molecule has 0 bridgehead atoms. The Morgan fingerprint density at radius 1 is 1.37 bits per heavy atom. The van der Waals surface area contributed by atoms with Gasteiger partial charge in [-0.15, -0.1) is 0 Å². The van der Waals surface area contributed by atoms with Crippen LogP contribution in [0, 0.1) is 0 Å². The molecule has 1 heterocycles. The van der Waals surface area contributed by atoms with E-state index in [0.717, 1.165) is 39.0 Å². The topological polar surface area (TPSA) is 32.3 Å². The largest absolute Gasteiger partial charge is 0.342 e. The van der Waals surface area contributed by atoms with Gasteiger partial charge in [-0.3, -0.25) is 4.79 Å². The first kappa shape index (κ1) is 14.1. The van der Waals surface area contributed by atoms with Gasteiger partial charge in [0.15, 0.2) is 0 Å². The van der Waals surface area contributed by atoms with Crippen LogP contribution in [0.2, 0.25) is 0 Å². The SMILES string of the molecule is CCCCN(CC)C(=O)C1CNCc2ccccc21. The van der Waals surface area contributed by atoms with Crippen LogP contribution < -0.4 is 5.32 Å². The van der Waals surface area contributed by atoms with E-state index in [4.69, 9.17) is 0 Å². The molecule has 0 aliphatic carbocycles. The molecule has 1 atom stereocenters. The van der Waals surface area contributed by atoms with Gasteiger partial charge in [0.1, 0.15) is 0 Å². The van der Waals surface area contributed by atoms with Gasteiger partial charge in [0.25, 0.3) is 0 Å². The third-order valence-electron chi connectivity index (χ3n) is 3.87. The minimum absolute atomic E-state index is 0.0123. The normalized spacial score (nSPS) is 17.9. The lowest BCUT2D eigenvalue weighted by Gasteiger charge is -2.30. The molecule has 1 aromatic carbocycles. The highest BCUT2D eigenvalue weighted by atomic mass is 16.2. The van der Waals surface area contributed by atoms with Crippen molar-refractivity contribution in [3.63, 3.8) is 0 Å². The molecule has 0 radical (unpaired) electrons. The van der Waals surface area contributed by atoms with Crippen LogP contribution in [0.25, 0.3) is 0 Å². The Labute approximate surface area is 116 Å². The maximum absolute atomic E-state index is 12.7. The first-order valence-electron chi connectivity index (χ1n) is 7.35. The Morgan fingerprint density at radius 3 is 2.89 bits per heavy atom. The highest BCUT2D eigenvalue weighted by Crippen LogP contribution is 2.25. The second kappa shape index (κ2) is 6.71. The lowest BCUT2D eigenvalue weighted by molar-refractivity contribution is -0.132. The lowest BCUT2D eigenvalue weighted by Crippen LogP contribution is -2.41. The predicted octanol–water partition coefficient (Wildman–Crippen LogP) is 2.52. The Morgan fingerprint density at radius 2 is 2.16 bits per heavy atom. The fourth-order valence-corrected chi connectivity index (χ4v) is 2.71. The van der Waals surface area contributed by atoms with Gasteiger partial charge >= 0.3 is 0 Å². The first-order chi connectivity index (χ1) is 9.27. The molecule has 0 aromatic heterocycles. The summed E-state index contributed by atoms with van der Waals surface area (Å²) in [4.78, 5) is 14.7. The minimum Gasteiger partial charge on any atom is -0.342 e. The van der Waals surface area contributed by atoms with Gasteiger partial charge in [0.05, 0.1) is 5.92 Å². The van der Waals surface area contributed by atoms with E-state index in [2.05, 4.69) is 31.3 Å². The predicted molar refractivity (Wildman–Crippen MR) is 78.1 cm³/mol. The number of unbranched alkanes of at least 4 members (excludes halogenated alkanes) is 1. The van der Waals surface area contributed by atoms with Crippen LogP contribution in [0.5, 0.6) is 0 Å². The number of hydrogen-bond acceptors (Lipinski definition) is 2. The summed E-state index contributed by atoms with van der Waals surface area (Å²) >= 11 is 0. The highest BCUT2D eigenvalue weighted by molar-refractivity contribution is 5.84. The number of fused-ring (bicyclic) bond motifs is 1. The molecular weight excluding hydrogens is 236 g/mol. The second-order valence-electron chi connectivity index (χ2n) is 5.15. The average molecular weight is 260 g/mol. The fraction of sp³-hybridized carbons (Fsp3) is 0.562. The van der Waals surface area contributed by atoms with Crippen LogP contribution in [0.15, 0.2) is 24.3 Å². The molecule has 1 aliphatic heterocycles. The average Bonchev–Trinajstić information content (AvgIpc) is 2.47. The zero-order valence-electron chi connectivity index (χ0n) is 12.0. The van der Waals surface area contributed by atoms with Crippen LogP contribution in [0.3, 0.4) is 0 Å². The molecule has 0 saturated carbocycles. The number of likely N-dealkylation sites (N-methyl/N-ethyl adjacent to an activating group) is 1. The standard InChI is InChI=1S/C16H24N2O/c1-3-5-10-18(4-2)16(19)15-12-17-11-13-8-6-7-9-14(13)15/h6-9,15,17H,3-5,10-12H2,1-2H3. The fourth-order valence-electron chi connectivity index (χ4n) is 2.71. The zero-order valence-corrected chi connectivity index (χ0v) is 12.0. The minimum atomic E-state index is -0.0123. The molecule has 0 spiro atoms. The molecule has 1 aliphatic rings. The van der Waals surface area contributed by atoms with Crippen LogP contribution in [-0.2, 0) is 11.3 Å². The van der Waals surface area contributed by atoms with E-state index in [9.17, 15) is 4.79 Å². The Kier molecular flexibility index (Phi) is 4.97. The van der Waals surface area contributed by atoms with Gasteiger partial charge in [-0.1, -0.05) is 37.6 Å². The first-order valence-corrected chi connectivity index (χ1v) is 7.35. The van der Waals surface area contributed by atoms with Crippen LogP contribution >= 0.6 is 0 Å². The molecule has 1 unspecified atom stereocenters. The van der Waals surface area contributed by atoms with Crippen molar-refractivity contribution in [2.24, 2.45) is 0 Å². The number of carbonyl (C=O) groups excluding carboxylic acids is 1. The van der Waals surface area contributed by atoms with Gasteiger partial charge < -0.3 is 10.2 Å². The highest BCUT2D eigenvalue weighted by Gasteiger charge is 2.28. The molecule has 0 fully saturated rings. The third kappa shape index (κ3) is 3.16. The quantitative estimate of drug-likeness (QED) is 0.882. The van der Waals surface area contributed by atoms with Crippen molar-refractivity contribution in [2.75, 3.05) is 19.6 Å². The maximum Gasteiger partial charge on any atom is 0.231 e. The van der Waals surface area contributed by atoms with E-state index in [1.54, 1.807) is 0 Å². The zero-order chi connectivity index (χ0) is 13.7. The Bertz CT molecular complexity index is 431. The molecule has 3 heteroatoms. The van der Waals surface area contributed by atoms with Crippen molar-refractivity contribution in [1.29, 1.82) is 0 Å². The number of nitrogens with one attached hydrogen (secondary N) is 1. The van der Waals surface area contributed by atoms with Crippen molar-refractivity contribution < 1.29 is 4.79 Å². The van der Waals surface area contributed by atoms with E-state index in [-0.39, 0.29) is 11.8 Å². The number of hydrogen-bond donors (Lipinski definition) is 1. The van der Waals surface area contributed by atoms with E-state index in [1.165, 1.54) is 11.1 Å². The molecule has 104 valence electrons. The molecule has 0 saturated heterocycles. The summed E-state index contributed by atoms with van der Waals surface area (Å²) in [6.45, 7) is 7.55. The van der Waals surface area contributed by atoms with Crippen molar-refractivity contribution in [1.82, 2.24) is 10.2 Å². The summed E-state index contributed by atoms with van der Waals surface area (Å²) in [7, 11) is 0. The van der Waals surface area contributed by atoms with Gasteiger partial charge in [0, 0.05) is 26.2 Å². The van der Waals surface area contributed by atoms with Crippen molar-refractivity contribution in [2.45, 2.75) is 39.2 Å². The monoisotopic (exact) mass is 260 g/mol.